The van der Waals surface area contributed by atoms with E-state index < -0.39 is 0 Å². The van der Waals surface area contributed by atoms with Gasteiger partial charge < -0.3 is 15.0 Å². The van der Waals surface area contributed by atoms with Gasteiger partial charge in [-0.25, -0.2) is 4.98 Å². The van der Waals surface area contributed by atoms with E-state index in [1.54, 1.807) is 36.1 Å². The van der Waals surface area contributed by atoms with Crippen LogP contribution in [0.4, 0.5) is 11.5 Å². The maximum absolute atomic E-state index is 12.9. The second-order valence-corrected chi connectivity index (χ2v) is 9.16. The molecule has 0 bridgehead atoms. The zero-order valence-electron chi connectivity index (χ0n) is 19.7. The highest BCUT2D eigenvalue weighted by Crippen LogP contribution is 2.27. The number of rotatable bonds is 7. The van der Waals surface area contributed by atoms with Crippen LogP contribution in [0.15, 0.2) is 35.6 Å². The Hall–Kier alpha value is -2.43. The lowest BCUT2D eigenvalue weighted by atomic mass is 9.97. The van der Waals surface area contributed by atoms with E-state index >= 15 is 0 Å². The average Bonchev–Trinajstić information content (AvgIpc) is 2.84. The van der Waals surface area contributed by atoms with Gasteiger partial charge in [-0.3, -0.25) is 19.1 Å². The van der Waals surface area contributed by atoms with Gasteiger partial charge in [-0.2, -0.15) is 0 Å². The zero-order chi connectivity index (χ0) is 24.0. The van der Waals surface area contributed by atoms with E-state index in [1.807, 2.05) is 31.7 Å². The number of carbonyl (C=O) groups is 2. The number of likely N-dealkylation sites (tertiary alicyclic amines) is 1. The Morgan fingerprint density at radius 2 is 1.94 bits per heavy atom. The van der Waals surface area contributed by atoms with Crippen LogP contribution in [0.3, 0.4) is 0 Å². The summed E-state index contributed by atoms with van der Waals surface area (Å²) in [5, 5.41) is 3.25. The molecule has 0 saturated carbocycles. The van der Waals surface area contributed by atoms with Crippen molar-refractivity contribution in [2.45, 2.75) is 40.0 Å². The number of piperidine rings is 1. The predicted octanol–water partition coefficient (Wildman–Crippen LogP) is 4.49. The lowest BCUT2D eigenvalue weighted by Crippen LogP contribution is -2.35. The van der Waals surface area contributed by atoms with Gasteiger partial charge in [0.15, 0.2) is 11.6 Å². The Labute approximate surface area is 208 Å². The number of hydrogen-bond donors (Lipinski definition) is 1. The third kappa shape index (κ3) is 6.13. The van der Waals surface area contributed by atoms with Crippen LogP contribution in [0, 0.1) is 11.8 Å². The molecule has 2 aromatic heterocycles. The number of pyridine rings is 2. The van der Waals surface area contributed by atoms with Crippen molar-refractivity contribution in [3.05, 3.63) is 41.6 Å². The number of carbonyl (C=O) groups excluding carboxylic acids is 2. The molecule has 1 aliphatic rings. The molecule has 8 nitrogen and oxygen atoms in total. The number of halogens is 1. The Morgan fingerprint density at radius 3 is 2.58 bits per heavy atom. The third-order valence-electron chi connectivity index (χ3n) is 6.01. The van der Waals surface area contributed by atoms with Gasteiger partial charge in [0.2, 0.25) is 5.91 Å². The van der Waals surface area contributed by atoms with Gasteiger partial charge in [0.25, 0.3) is 5.91 Å². The van der Waals surface area contributed by atoms with Crippen molar-refractivity contribution in [3.8, 4) is 5.75 Å². The van der Waals surface area contributed by atoms with Crippen molar-refractivity contribution in [2.24, 2.45) is 16.8 Å². The fraction of sp³-hybridized carbons (Fsp3) is 0.500. The number of anilines is 2. The summed E-state index contributed by atoms with van der Waals surface area (Å²) in [6.07, 6.45) is 6.54. The van der Waals surface area contributed by atoms with Gasteiger partial charge in [0, 0.05) is 50.2 Å². The molecular weight excluding hydrogens is 533 g/mol. The van der Waals surface area contributed by atoms with Crippen molar-refractivity contribution in [2.75, 3.05) is 30.1 Å². The number of amides is 1. The lowest BCUT2D eigenvalue weighted by molar-refractivity contribution is 0.0723. The topological polar surface area (TPSA) is 88.8 Å². The van der Waals surface area contributed by atoms with E-state index in [0.29, 0.717) is 27.2 Å². The molecular formula is C24H32IN5O3. The quantitative estimate of drug-likeness (QED) is 0.395. The standard InChI is InChI=1S/C24H32IN5O3/c1-16(2)17(3)23(31)30-11-8-19(13-21(30)26-4)28-22-20(33-15-25)12-18(14-27-22)24(32)29-9-6-5-7-10-29/h8,11-14,16-17H,5-7,9-10,15H2,1-4H3,(H,27,28)/b26-21-. The highest BCUT2D eigenvalue weighted by Gasteiger charge is 2.21. The van der Waals surface area contributed by atoms with Gasteiger partial charge in [-0.15, -0.1) is 0 Å². The first kappa shape index (κ1) is 25.2. The normalized spacial score (nSPS) is 15.5. The lowest BCUT2D eigenvalue weighted by Gasteiger charge is -2.26. The minimum Gasteiger partial charge on any atom is -0.479 e. The summed E-state index contributed by atoms with van der Waals surface area (Å²) in [4.78, 5) is 36.3. The second-order valence-electron chi connectivity index (χ2n) is 8.54. The molecule has 3 heterocycles. The van der Waals surface area contributed by atoms with Gasteiger partial charge in [0.05, 0.1) is 5.56 Å². The molecule has 0 aromatic carbocycles. The van der Waals surface area contributed by atoms with Crippen molar-refractivity contribution in [1.82, 2.24) is 14.5 Å². The van der Waals surface area contributed by atoms with Crippen LogP contribution in [-0.2, 0) is 0 Å². The highest BCUT2D eigenvalue weighted by molar-refractivity contribution is 14.1. The molecule has 1 N–H and O–H groups in total. The molecule has 1 unspecified atom stereocenters. The minimum atomic E-state index is -0.121. The molecule has 178 valence electrons. The molecule has 3 rings (SSSR count). The van der Waals surface area contributed by atoms with E-state index in [4.69, 9.17) is 4.74 Å². The van der Waals surface area contributed by atoms with Gasteiger partial charge in [-0.05, 0) is 59.9 Å². The first-order valence-corrected chi connectivity index (χ1v) is 12.8. The molecule has 0 aliphatic carbocycles. The number of nitrogens with zero attached hydrogens (tertiary/aromatic N) is 4. The van der Waals surface area contributed by atoms with Crippen molar-refractivity contribution in [3.63, 3.8) is 0 Å². The zero-order valence-corrected chi connectivity index (χ0v) is 21.8. The largest absolute Gasteiger partial charge is 0.479 e. The molecule has 2 aromatic rings. The molecule has 1 atom stereocenters. The maximum atomic E-state index is 12.9. The average molecular weight is 565 g/mol. The van der Waals surface area contributed by atoms with Crippen LogP contribution in [0.2, 0.25) is 0 Å². The first-order valence-electron chi connectivity index (χ1n) is 11.3. The summed E-state index contributed by atoms with van der Waals surface area (Å²) < 4.78 is 7.77. The summed E-state index contributed by atoms with van der Waals surface area (Å²) in [5.74, 6) is 1.11. The molecule has 1 saturated heterocycles. The molecule has 1 aliphatic heterocycles. The van der Waals surface area contributed by atoms with Crippen LogP contribution in [0.1, 0.15) is 55.2 Å². The van der Waals surface area contributed by atoms with E-state index in [1.165, 1.54) is 6.42 Å². The maximum Gasteiger partial charge on any atom is 0.255 e. The smallest absolute Gasteiger partial charge is 0.255 e. The summed E-state index contributed by atoms with van der Waals surface area (Å²) >= 11 is 2.12. The fourth-order valence-corrected chi connectivity index (χ4v) is 4.00. The van der Waals surface area contributed by atoms with Crippen LogP contribution in [0.25, 0.3) is 0 Å². The summed E-state index contributed by atoms with van der Waals surface area (Å²) in [7, 11) is 1.66. The van der Waals surface area contributed by atoms with E-state index in [0.717, 1.165) is 31.6 Å². The van der Waals surface area contributed by atoms with Crippen molar-refractivity contribution in [1.29, 1.82) is 0 Å². The summed E-state index contributed by atoms with van der Waals surface area (Å²) in [6, 6.07) is 5.35. The summed E-state index contributed by atoms with van der Waals surface area (Å²) in [5.41, 5.74) is 1.79. The molecule has 0 radical (unpaired) electrons. The van der Waals surface area contributed by atoms with Crippen molar-refractivity contribution < 1.29 is 14.3 Å². The van der Waals surface area contributed by atoms with Crippen LogP contribution >= 0.6 is 22.6 Å². The highest BCUT2D eigenvalue weighted by atomic mass is 127. The van der Waals surface area contributed by atoms with E-state index in [2.05, 4.69) is 37.9 Å². The Bertz CT molecular complexity index is 1060. The molecule has 1 amide bonds. The second kappa shape index (κ2) is 11.6. The number of nitrogens with one attached hydrogen (secondary N) is 1. The molecule has 1 fully saturated rings. The van der Waals surface area contributed by atoms with Crippen LogP contribution in [0.5, 0.6) is 5.75 Å². The molecule has 33 heavy (non-hydrogen) atoms. The molecule has 0 spiro atoms. The summed E-state index contributed by atoms with van der Waals surface area (Å²) in [6.45, 7) is 7.55. The van der Waals surface area contributed by atoms with Gasteiger partial charge >= 0.3 is 0 Å². The monoisotopic (exact) mass is 565 g/mol. The Balaban J connectivity index is 1.86. The van der Waals surface area contributed by atoms with E-state index in [9.17, 15) is 9.59 Å². The number of aromatic nitrogens is 2. The van der Waals surface area contributed by atoms with Gasteiger partial charge in [0.1, 0.15) is 10.1 Å². The third-order valence-corrected chi connectivity index (χ3v) is 6.32. The number of alkyl halides is 1. The predicted molar refractivity (Wildman–Crippen MR) is 137 cm³/mol. The number of ether oxygens (including phenoxy) is 1. The molecule has 9 heteroatoms. The minimum absolute atomic E-state index is 0.00443. The fourth-order valence-electron chi connectivity index (χ4n) is 3.67. The Morgan fingerprint density at radius 1 is 1.21 bits per heavy atom. The number of hydrogen-bond acceptors (Lipinski definition) is 6. The van der Waals surface area contributed by atoms with Crippen LogP contribution < -0.4 is 15.5 Å². The van der Waals surface area contributed by atoms with Gasteiger partial charge in [-0.1, -0.05) is 20.8 Å². The van der Waals surface area contributed by atoms with E-state index in [-0.39, 0.29) is 23.7 Å². The Kier molecular flexibility index (Phi) is 8.87. The van der Waals surface area contributed by atoms with Crippen molar-refractivity contribution >= 4 is 45.9 Å². The van der Waals surface area contributed by atoms with Crippen LogP contribution in [-0.4, -0.2) is 51.0 Å². The first-order chi connectivity index (χ1) is 15.8. The SMILES string of the molecule is C/N=c1/cc(Nc2ncc(C(=O)N3CCCCC3)cc2OCI)ccn1C(=O)C(C)C(C)C.